The van der Waals surface area contributed by atoms with Gasteiger partial charge < -0.3 is 14.9 Å². The highest BCUT2D eigenvalue weighted by molar-refractivity contribution is 5.86. The maximum atomic E-state index is 12.8. The predicted octanol–water partition coefficient (Wildman–Crippen LogP) is 1.09. The third-order valence-corrected chi connectivity index (χ3v) is 2.52. The largest absolute Gasteiger partial charge is 0.476 e. The van der Waals surface area contributed by atoms with E-state index in [0.717, 1.165) is 12.8 Å². The number of rotatable bonds is 9. The smallest absolute Gasteiger partial charge is 0.358 e. The summed E-state index contributed by atoms with van der Waals surface area (Å²) in [5.41, 5.74) is -1.62. The molecule has 1 unspecified atom stereocenters. The third-order valence-electron chi connectivity index (χ3n) is 2.52. The van der Waals surface area contributed by atoms with Crippen molar-refractivity contribution in [2.75, 3.05) is 13.2 Å². The average Bonchev–Trinajstić information content (AvgIpc) is 2.78. The number of carboxylic acids is 1. The Morgan fingerprint density at radius 3 is 2.75 bits per heavy atom. The Morgan fingerprint density at radius 1 is 1.50 bits per heavy atom. The second-order valence-electron chi connectivity index (χ2n) is 4.19. The molecule has 9 heteroatoms. The number of halogens is 2. The van der Waals surface area contributed by atoms with Crippen molar-refractivity contribution in [2.45, 2.75) is 38.8 Å². The Hall–Kier alpha value is -1.61. The van der Waals surface area contributed by atoms with Crippen molar-refractivity contribution in [3.05, 3.63) is 11.4 Å². The molecule has 0 aliphatic heterocycles. The lowest BCUT2D eigenvalue weighted by Crippen LogP contribution is -2.24. The first kappa shape index (κ1) is 16.4. The highest BCUT2D eigenvalue weighted by Crippen LogP contribution is 2.21. The van der Waals surface area contributed by atoms with Gasteiger partial charge >= 0.3 is 5.97 Å². The molecule has 2 N–H and O–H groups in total. The number of aliphatic hydroxyl groups is 1. The fraction of sp³-hybridized carbons (Fsp3) is 0.727. The Morgan fingerprint density at radius 2 is 2.20 bits per heavy atom. The number of aromatic nitrogens is 3. The summed E-state index contributed by atoms with van der Waals surface area (Å²) in [6.45, 7) is 2.11. The molecule has 1 heterocycles. The number of carboxylic acid groups (broad SMARTS) is 1. The summed E-state index contributed by atoms with van der Waals surface area (Å²) >= 11 is 0. The first-order chi connectivity index (χ1) is 9.47. The number of hydrogen-bond donors (Lipinski definition) is 2. The van der Waals surface area contributed by atoms with Crippen LogP contribution in [-0.4, -0.2) is 50.5 Å². The summed E-state index contributed by atoms with van der Waals surface area (Å²) in [7, 11) is 0. The number of carbonyl (C=O) groups is 1. The van der Waals surface area contributed by atoms with E-state index in [1.807, 2.05) is 6.92 Å². The summed E-state index contributed by atoms with van der Waals surface area (Å²) in [6, 6.07) is 0. The van der Waals surface area contributed by atoms with Crippen molar-refractivity contribution in [1.82, 2.24) is 15.0 Å². The van der Waals surface area contributed by atoms with Crippen molar-refractivity contribution in [2.24, 2.45) is 0 Å². The number of alkyl halides is 2. The molecule has 1 rings (SSSR count). The van der Waals surface area contributed by atoms with Gasteiger partial charge in [-0.25, -0.2) is 18.3 Å². The molecule has 20 heavy (non-hydrogen) atoms. The molecule has 1 aromatic heterocycles. The second-order valence-corrected chi connectivity index (χ2v) is 4.19. The van der Waals surface area contributed by atoms with Gasteiger partial charge in [-0.15, -0.1) is 5.10 Å². The third kappa shape index (κ3) is 4.49. The molecular formula is C11H17F2N3O4. The predicted molar refractivity (Wildman–Crippen MR) is 63.7 cm³/mol. The van der Waals surface area contributed by atoms with Crippen LogP contribution in [0.5, 0.6) is 0 Å². The van der Waals surface area contributed by atoms with E-state index in [1.165, 1.54) is 0 Å². The summed E-state index contributed by atoms with van der Waals surface area (Å²) in [6.07, 6.45) is -2.32. The van der Waals surface area contributed by atoms with E-state index in [9.17, 15) is 18.7 Å². The molecule has 1 aromatic rings. The maximum absolute atomic E-state index is 12.8. The molecule has 114 valence electrons. The monoisotopic (exact) mass is 293 g/mol. The van der Waals surface area contributed by atoms with Gasteiger partial charge in [-0.05, 0) is 6.42 Å². The molecule has 0 spiro atoms. The van der Waals surface area contributed by atoms with Crippen molar-refractivity contribution < 1.29 is 28.5 Å². The Kier molecular flexibility index (Phi) is 6.46. The van der Waals surface area contributed by atoms with Crippen LogP contribution in [0.1, 0.15) is 42.4 Å². The van der Waals surface area contributed by atoms with Crippen molar-refractivity contribution in [3.63, 3.8) is 0 Å². The lowest BCUT2D eigenvalue weighted by atomic mass is 10.3. The minimum atomic E-state index is -3.04. The topological polar surface area (TPSA) is 97.5 Å². The summed E-state index contributed by atoms with van der Waals surface area (Å²) in [5, 5.41) is 24.9. The van der Waals surface area contributed by atoms with Crippen LogP contribution in [0.3, 0.4) is 0 Å². The zero-order valence-electron chi connectivity index (χ0n) is 11.0. The van der Waals surface area contributed by atoms with E-state index < -0.39 is 29.9 Å². The first-order valence-electron chi connectivity index (χ1n) is 6.18. The van der Waals surface area contributed by atoms with Crippen LogP contribution in [-0.2, 0) is 11.3 Å². The van der Waals surface area contributed by atoms with Gasteiger partial charge in [0.05, 0.1) is 19.3 Å². The van der Waals surface area contributed by atoms with Gasteiger partial charge in [0.15, 0.2) is 5.69 Å². The van der Waals surface area contributed by atoms with E-state index >= 15 is 0 Å². The Labute approximate surface area is 114 Å². The number of nitrogens with zero attached hydrogens (tertiary/aromatic N) is 3. The van der Waals surface area contributed by atoms with E-state index in [-0.39, 0.29) is 13.2 Å². The molecule has 0 aliphatic carbocycles. The van der Waals surface area contributed by atoms with Gasteiger partial charge in [-0.2, -0.15) is 0 Å². The molecule has 0 radical (unpaired) electrons. The highest BCUT2D eigenvalue weighted by Gasteiger charge is 2.27. The molecule has 0 aliphatic rings. The molecule has 0 saturated carbocycles. The zero-order chi connectivity index (χ0) is 15.1. The second kappa shape index (κ2) is 7.85. The van der Waals surface area contributed by atoms with E-state index in [2.05, 4.69) is 10.3 Å². The van der Waals surface area contributed by atoms with Gasteiger partial charge in [0, 0.05) is 6.61 Å². The van der Waals surface area contributed by atoms with Gasteiger partial charge in [0.1, 0.15) is 5.69 Å². The van der Waals surface area contributed by atoms with Crippen LogP contribution in [0.25, 0.3) is 0 Å². The van der Waals surface area contributed by atoms with Crippen molar-refractivity contribution in [1.29, 1.82) is 0 Å². The maximum Gasteiger partial charge on any atom is 0.358 e. The van der Waals surface area contributed by atoms with Crippen LogP contribution >= 0.6 is 0 Å². The molecule has 0 saturated heterocycles. The van der Waals surface area contributed by atoms with Crippen molar-refractivity contribution >= 4 is 5.97 Å². The Balaban J connectivity index is 2.65. The molecule has 0 fully saturated rings. The number of aliphatic hydroxyl groups excluding tert-OH is 1. The molecule has 7 nitrogen and oxygen atoms in total. The lowest BCUT2D eigenvalue weighted by molar-refractivity contribution is 0.0226. The van der Waals surface area contributed by atoms with Gasteiger partial charge in [0.2, 0.25) is 0 Å². The SMILES string of the molecule is CCCCOCC(O)Cn1nnc(C(=O)O)c1C(F)F. The van der Waals surface area contributed by atoms with Crippen LogP contribution in [0.2, 0.25) is 0 Å². The van der Waals surface area contributed by atoms with Crippen molar-refractivity contribution in [3.8, 4) is 0 Å². The van der Waals surface area contributed by atoms with Gasteiger partial charge in [-0.1, -0.05) is 18.6 Å². The van der Waals surface area contributed by atoms with Crippen LogP contribution in [0, 0.1) is 0 Å². The standard InChI is InChI=1S/C11H17F2N3O4/c1-2-3-4-20-6-7(17)5-16-9(10(12)13)8(11(18)19)14-15-16/h7,10,17H,2-6H2,1H3,(H,18,19). The molecule has 0 amide bonds. The summed E-state index contributed by atoms with van der Waals surface area (Å²) in [4.78, 5) is 10.7. The van der Waals surface area contributed by atoms with Crippen LogP contribution in [0.15, 0.2) is 0 Å². The fourth-order valence-corrected chi connectivity index (χ4v) is 1.54. The van der Waals surface area contributed by atoms with E-state index in [0.29, 0.717) is 11.3 Å². The lowest BCUT2D eigenvalue weighted by Gasteiger charge is -2.12. The molecule has 1 atom stereocenters. The van der Waals surface area contributed by atoms with E-state index in [1.54, 1.807) is 0 Å². The minimum Gasteiger partial charge on any atom is -0.476 e. The van der Waals surface area contributed by atoms with Crippen LogP contribution in [0.4, 0.5) is 8.78 Å². The normalized spacial score (nSPS) is 12.8. The highest BCUT2D eigenvalue weighted by atomic mass is 19.3. The number of aromatic carboxylic acids is 1. The zero-order valence-corrected chi connectivity index (χ0v) is 11.0. The summed E-state index contributed by atoms with van der Waals surface area (Å²) < 4.78 is 31.5. The van der Waals surface area contributed by atoms with Gasteiger partial charge in [-0.3, -0.25) is 0 Å². The quantitative estimate of drug-likeness (QED) is 0.661. The number of ether oxygens (including phenoxy) is 1. The van der Waals surface area contributed by atoms with Crippen LogP contribution < -0.4 is 0 Å². The Bertz CT molecular complexity index is 439. The molecule has 0 aromatic carbocycles. The van der Waals surface area contributed by atoms with E-state index in [4.69, 9.17) is 9.84 Å². The first-order valence-corrected chi connectivity index (χ1v) is 6.18. The number of hydrogen-bond acceptors (Lipinski definition) is 5. The minimum absolute atomic E-state index is 0.0368. The summed E-state index contributed by atoms with van der Waals surface area (Å²) in [5.74, 6) is -1.58. The molecule has 0 bridgehead atoms. The van der Waals surface area contributed by atoms with Gasteiger partial charge in [0.25, 0.3) is 6.43 Å². The molecular weight excluding hydrogens is 276 g/mol. The average molecular weight is 293 g/mol. The number of unbranched alkanes of at least 4 members (excludes halogenated alkanes) is 1. The fourth-order valence-electron chi connectivity index (χ4n) is 1.54.